The number of pyridine rings is 1. The van der Waals surface area contributed by atoms with Gasteiger partial charge in [-0.05, 0) is 85.5 Å². The van der Waals surface area contributed by atoms with Gasteiger partial charge in [-0.15, -0.1) is 0 Å². The summed E-state index contributed by atoms with van der Waals surface area (Å²) >= 11 is 0. The molecule has 2 bridgehead atoms. The van der Waals surface area contributed by atoms with Gasteiger partial charge in [-0.1, -0.05) is 19.9 Å². The second-order valence-electron chi connectivity index (χ2n) is 15.0. The van der Waals surface area contributed by atoms with Crippen molar-refractivity contribution >= 4 is 39.6 Å². The number of fused-ring (bicyclic) bond motifs is 5. The normalized spacial score (nSPS) is 22.8. The van der Waals surface area contributed by atoms with Crippen molar-refractivity contribution in [1.29, 1.82) is 0 Å². The number of ether oxygens (including phenoxy) is 1. The molecule has 2 aliphatic carbocycles. The number of carbonyl (C=O) groups is 2. The number of nitrogens with one attached hydrogen (secondary N) is 1. The third kappa shape index (κ3) is 4.48. The van der Waals surface area contributed by atoms with E-state index in [1.807, 2.05) is 36.2 Å². The van der Waals surface area contributed by atoms with Crippen molar-refractivity contribution in [3.05, 3.63) is 59.7 Å². The quantitative estimate of drug-likeness (QED) is 0.239. The van der Waals surface area contributed by atoms with E-state index in [0.29, 0.717) is 36.1 Å². The molecule has 3 aromatic heterocycles. The molecule has 2 aliphatic heterocycles. The standard InChI is InChI=1S/C38H41N7O3/c1-38(2)17-32(46)40-27-11-7-21(13-25(27)38)26-10-8-22-15-30(44(35(22)41-26)18-20-5-6-20)36-42-28-14-24(16-31(48-4)34(28)43(36)3)37(47)45-19-23-9-12-29(45)33(23)39/h7-8,10-11,13-16,20,23,29,33H,5-6,9,12,17-19,39H2,1-4H3,(H,40,46)/t23?,29?,33-/m1/s1. The second-order valence-corrected chi connectivity index (χ2v) is 15.0. The van der Waals surface area contributed by atoms with Gasteiger partial charge in [0, 0.05) is 66.3 Å². The Balaban J connectivity index is 1.14. The summed E-state index contributed by atoms with van der Waals surface area (Å²) in [6.07, 6.45) is 4.92. The molecule has 5 aromatic rings. The Hall–Kier alpha value is -4.70. The molecule has 3 fully saturated rings. The second kappa shape index (κ2) is 10.4. The molecule has 5 heterocycles. The molecule has 1 saturated heterocycles. The summed E-state index contributed by atoms with van der Waals surface area (Å²) in [7, 11) is 3.66. The van der Waals surface area contributed by atoms with Crippen LogP contribution >= 0.6 is 0 Å². The SMILES string of the molecule is COc1cc(C(=O)N2CC3CCC2[C@@H]3N)cc2nc(-c3cc4ccc(-c5ccc6c(c5)C(C)(C)CC(=O)N6)nc4n3CC3CC3)n(C)c12. The minimum atomic E-state index is -0.260. The van der Waals surface area contributed by atoms with Crippen LogP contribution in [-0.4, -0.2) is 61.6 Å². The summed E-state index contributed by atoms with van der Waals surface area (Å²) < 4.78 is 10.3. The van der Waals surface area contributed by atoms with Crippen molar-refractivity contribution in [3.63, 3.8) is 0 Å². The van der Waals surface area contributed by atoms with Gasteiger partial charge in [0.25, 0.3) is 5.91 Å². The van der Waals surface area contributed by atoms with Crippen LogP contribution in [0.25, 0.3) is 44.8 Å². The fraction of sp³-hybridized carbons (Fsp3) is 0.421. The number of aryl methyl sites for hydroxylation is 1. The topological polar surface area (TPSA) is 120 Å². The van der Waals surface area contributed by atoms with Gasteiger partial charge in [-0.25, -0.2) is 9.97 Å². The Morgan fingerprint density at radius 1 is 1.06 bits per heavy atom. The summed E-state index contributed by atoms with van der Waals surface area (Å²) in [5.41, 5.74) is 14.2. The highest BCUT2D eigenvalue weighted by molar-refractivity contribution is 6.01. The Bertz CT molecular complexity index is 2170. The van der Waals surface area contributed by atoms with E-state index in [9.17, 15) is 9.59 Å². The number of amides is 2. The van der Waals surface area contributed by atoms with Gasteiger partial charge >= 0.3 is 0 Å². The summed E-state index contributed by atoms with van der Waals surface area (Å²) in [5, 5.41) is 4.08. The lowest BCUT2D eigenvalue weighted by Gasteiger charge is -2.32. The molecule has 9 rings (SSSR count). The van der Waals surface area contributed by atoms with Gasteiger partial charge in [0.05, 0.1) is 24.0 Å². The number of imidazole rings is 1. The number of hydrogen-bond acceptors (Lipinski definition) is 6. The van der Waals surface area contributed by atoms with E-state index in [-0.39, 0.29) is 29.3 Å². The zero-order chi connectivity index (χ0) is 33.1. The van der Waals surface area contributed by atoms with Crippen LogP contribution in [0.2, 0.25) is 0 Å². The first-order valence-electron chi connectivity index (χ1n) is 17.2. The number of benzene rings is 2. The Morgan fingerprint density at radius 2 is 1.90 bits per heavy atom. The van der Waals surface area contributed by atoms with Crippen molar-refractivity contribution in [2.75, 3.05) is 19.0 Å². The average molecular weight is 644 g/mol. The Labute approximate surface area is 279 Å². The molecule has 2 saturated carbocycles. The average Bonchev–Trinajstić information content (AvgIpc) is 3.47. The molecular formula is C38H41N7O3. The van der Waals surface area contributed by atoms with Crippen molar-refractivity contribution in [3.8, 4) is 28.5 Å². The fourth-order valence-corrected chi connectivity index (χ4v) is 8.55. The van der Waals surface area contributed by atoms with E-state index >= 15 is 0 Å². The van der Waals surface area contributed by atoms with E-state index in [4.69, 9.17) is 20.4 Å². The van der Waals surface area contributed by atoms with Crippen LogP contribution in [-0.2, 0) is 23.8 Å². The highest BCUT2D eigenvalue weighted by atomic mass is 16.5. The van der Waals surface area contributed by atoms with E-state index in [0.717, 1.165) is 75.5 Å². The van der Waals surface area contributed by atoms with Gasteiger partial charge in [0.15, 0.2) is 5.82 Å². The maximum atomic E-state index is 13.8. The molecule has 10 heteroatoms. The molecule has 0 spiro atoms. The minimum absolute atomic E-state index is 0.00224. The number of piperidine rings is 1. The van der Waals surface area contributed by atoms with Gasteiger partial charge in [-0.3, -0.25) is 9.59 Å². The van der Waals surface area contributed by atoms with E-state index in [1.54, 1.807) is 7.11 Å². The molecule has 2 aromatic carbocycles. The first kappa shape index (κ1) is 29.4. The first-order valence-corrected chi connectivity index (χ1v) is 17.2. The maximum Gasteiger partial charge on any atom is 0.254 e. The van der Waals surface area contributed by atoms with Crippen molar-refractivity contribution in [2.45, 2.75) is 70.0 Å². The van der Waals surface area contributed by atoms with Crippen LogP contribution in [0.5, 0.6) is 5.75 Å². The highest BCUT2D eigenvalue weighted by Crippen LogP contribution is 2.42. The summed E-state index contributed by atoms with van der Waals surface area (Å²) in [4.78, 5) is 38.4. The van der Waals surface area contributed by atoms with Gasteiger partial charge in [0.2, 0.25) is 5.91 Å². The fourth-order valence-electron chi connectivity index (χ4n) is 8.55. The Kier molecular flexibility index (Phi) is 6.38. The van der Waals surface area contributed by atoms with Crippen LogP contribution in [0.3, 0.4) is 0 Å². The zero-order valence-electron chi connectivity index (χ0n) is 27.9. The third-order valence-electron chi connectivity index (χ3n) is 11.3. The molecule has 48 heavy (non-hydrogen) atoms. The molecular weight excluding hydrogens is 602 g/mol. The van der Waals surface area contributed by atoms with E-state index in [2.05, 4.69) is 52.6 Å². The molecule has 2 amide bonds. The molecule has 246 valence electrons. The van der Waals surface area contributed by atoms with E-state index < -0.39 is 0 Å². The lowest BCUT2D eigenvalue weighted by molar-refractivity contribution is -0.117. The number of aromatic nitrogens is 4. The van der Waals surface area contributed by atoms with Crippen LogP contribution in [0.1, 0.15) is 61.9 Å². The van der Waals surface area contributed by atoms with Crippen LogP contribution in [0, 0.1) is 11.8 Å². The molecule has 0 radical (unpaired) electrons. The van der Waals surface area contributed by atoms with Crippen LogP contribution in [0.4, 0.5) is 5.69 Å². The van der Waals surface area contributed by atoms with Crippen molar-refractivity contribution in [1.82, 2.24) is 24.0 Å². The molecule has 4 aliphatic rings. The van der Waals surface area contributed by atoms with Gasteiger partial charge in [-0.2, -0.15) is 0 Å². The number of nitrogens with two attached hydrogens (primary N) is 1. The lowest BCUT2D eigenvalue weighted by atomic mass is 9.77. The largest absolute Gasteiger partial charge is 0.494 e. The molecule has 10 nitrogen and oxygen atoms in total. The summed E-state index contributed by atoms with van der Waals surface area (Å²) in [6, 6.07) is 16.6. The van der Waals surface area contributed by atoms with Gasteiger partial charge < -0.3 is 29.8 Å². The van der Waals surface area contributed by atoms with Crippen LogP contribution < -0.4 is 15.8 Å². The zero-order valence-corrected chi connectivity index (χ0v) is 27.9. The number of carbonyl (C=O) groups excluding carboxylic acids is 2. The van der Waals surface area contributed by atoms with Gasteiger partial charge in [0.1, 0.15) is 16.9 Å². The smallest absolute Gasteiger partial charge is 0.254 e. The number of hydrogen-bond donors (Lipinski definition) is 2. The number of likely N-dealkylation sites (tertiary alicyclic amines) is 1. The highest BCUT2D eigenvalue weighted by Gasteiger charge is 2.47. The third-order valence-corrected chi connectivity index (χ3v) is 11.3. The molecule has 3 atom stereocenters. The van der Waals surface area contributed by atoms with E-state index in [1.165, 1.54) is 12.8 Å². The first-order chi connectivity index (χ1) is 23.1. The maximum absolute atomic E-state index is 13.8. The van der Waals surface area contributed by atoms with Crippen LogP contribution in [0.15, 0.2) is 48.5 Å². The lowest BCUT2D eigenvalue weighted by Crippen LogP contribution is -2.41. The number of methoxy groups -OCH3 is 1. The minimum Gasteiger partial charge on any atom is -0.494 e. The Morgan fingerprint density at radius 3 is 2.62 bits per heavy atom. The molecule has 2 unspecified atom stereocenters. The monoisotopic (exact) mass is 643 g/mol. The predicted octanol–water partition coefficient (Wildman–Crippen LogP) is 5.86. The molecule has 3 N–H and O–H groups in total. The summed E-state index contributed by atoms with van der Waals surface area (Å²) in [6.45, 7) is 5.82. The van der Waals surface area contributed by atoms with Crippen molar-refractivity contribution < 1.29 is 14.3 Å². The predicted molar refractivity (Wildman–Crippen MR) is 186 cm³/mol. The van der Waals surface area contributed by atoms with Crippen molar-refractivity contribution in [2.24, 2.45) is 24.6 Å². The number of nitrogens with zero attached hydrogens (tertiary/aromatic N) is 5. The number of anilines is 1. The summed E-state index contributed by atoms with van der Waals surface area (Å²) in [5.74, 6) is 2.47. The number of rotatable bonds is 6.